The molecule has 0 saturated heterocycles. The molecule has 0 spiro atoms. The lowest BCUT2D eigenvalue weighted by molar-refractivity contribution is 0.410. The van der Waals surface area contributed by atoms with Crippen LogP contribution in [0.2, 0.25) is 0 Å². The molecule has 1 heterocycles. The van der Waals surface area contributed by atoms with Crippen LogP contribution in [0.4, 0.5) is 0 Å². The van der Waals surface area contributed by atoms with E-state index in [0.717, 1.165) is 12.2 Å². The van der Waals surface area contributed by atoms with Crippen LogP contribution in [0.25, 0.3) is 0 Å². The van der Waals surface area contributed by atoms with Gasteiger partial charge in [-0.2, -0.15) is 0 Å². The highest BCUT2D eigenvalue weighted by Crippen LogP contribution is 2.34. The van der Waals surface area contributed by atoms with E-state index in [2.05, 4.69) is 48.5 Å². The second-order valence-electron chi connectivity index (χ2n) is 4.62. The monoisotopic (exact) mass is 312 g/mol. The van der Waals surface area contributed by atoms with E-state index >= 15 is 0 Å². The lowest BCUT2D eigenvalue weighted by atomic mass is 10.1. The molecule has 0 aliphatic heterocycles. The molecule has 0 radical (unpaired) electrons. The molecule has 0 fully saturated rings. The van der Waals surface area contributed by atoms with Gasteiger partial charge in [-0.05, 0) is 35.9 Å². The van der Waals surface area contributed by atoms with E-state index in [1.165, 1.54) is 19.5 Å². The van der Waals surface area contributed by atoms with Gasteiger partial charge in [-0.25, -0.2) is 0 Å². The van der Waals surface area contributed by atoms with Gasteiger partial charge in [0.1, 0.15) is 5.75 Å². The second-order valence-corrected chi connectivity index (χ2v) is 7.17. The van der Waals surface area contributed by atoms with Crippen LogP contribution in [0.5, 0.6) is 5.75 Å². The fraction of sp³-hybridized carbons (Fsp3) is 0.111. The number of benzene rings is 2. The summed E-state index contributed by atoms with van der Waals surface area (Å²) < 4.78 is 6.74. The summed E-state index contributed by atoms with van der Waals surface area (Å²) in [6.07, 6.45) is 0.921. The number of methoxy groups -OCH3 is 1. The van der Waals surface area contributed by atoms with Gasteiger partial charge >= 0.3 is 0 Å². The van der Waals surface area contributed by atoms with Gasteiger partial charge in [0.2, 0.25) is 0 Å². The molecule has 0 amide bonds. The van der Waals surface area contributed by atoms with E-state index in [9.17, 15) is 0 Å². The number of ether oxygens (including phenoxy) is 1. The fourth-order valence-electron chi connectivity index (χ4n) is 2.15. The van der Waals surface area contributed by atoms with E-state index in [0.29, 0.717) is 0 Å². The van der Waals surface area contributed by atoms with E-state index in [1.807, 2.05) is 41.3 Å². The molecule has 1 aromatic heterocycles. The zero-order chi connectivity index (χ0) is 14.5. The van der Waals surface area contributed by atoms with Crippen molar-refractivity contribution in [2.24, 2.45) is 0 Å². The minimum absolute atomic E-state index is 0.921. The van der Waals surface area contributed by atoms with Gasteiger partial charge in [-0.1, -0.05) is 48.2 Å². The SMILES string of the molecule is COc1ccccc1Cc1ccc(Sc2ccccc2)s1. The summed E-state index contributed by atoms with van der Waals surface area (Å²) in [5, 5.41) is 0. The predicted molar refractivity (Wildman–Crippen MR) is 90.7 cm³/mol. The highest BCUT2D eigenvalue weighted by Gasteiger charge is 2.06. The summed E-state index contributed by atoms with van der Waals surface area (Å²) in [7, 11) is 1.73. The Morgan fingerprint density at radius 3 is 2.48 bits per heavy atom. The molecule has 21 heavy (non-hydrogen) atoms. The van der Waals surface area contributed by atoms with Crippen LogP contribution in [0, 0.1) is 0 Å². The third-order valence-corrected chi connectivity index (χ3v) is 5.38. The second kappa shape index (κ2) is 6.83. The molecule has 0 atom stereocenters. The summed E-state index contributed by atoms with van der Waals surface area (Å²) >= 11 is 3.67. The topological polar surface area (TPSA) is 9.23 Å². The smallest absolute Gasteiger partial charge is 0.122 e. The maximum atomic E-state index is 5.42. The Labute approximate surface area is 133 Å². The predicted octanol–water partition coefficient (Wildman–Crippen LogP) is 5.50. The van der Waals surface area contributed by atoms with Crippen LogP contribution in [0.1, 0.15) is 10.4 Å². The lowest BCUT2D eigenvalue weighted by Crippen LogP contribution is -1.91. The molecule has 0 aliphatic rings. The maximum Gasteiger partial charge on any atom is 0.122 e. The summed E-state index contributed by atoms with van der Waals surface area (Å²) in [4.78, 5) is 2.64. The summed E-state index contributed by atoms with van der Waals surface area (Å²) in [6, 6.07) is 23.1. The normalized spacial score (nSPS) is 10.5. The van der Waals surface area contributed by atoms with Crippen LogP contribution in [0.3, 0.4) is 0 Å². The zero-order valence-electron chi connectivity index (χ0n) is 11.8. The number of rotatable bonds is 5. The molecule has 0 bridgehead atoms. The standard InChI is InChI=1S/C18H16OS2/c1-19-17-10-6-5-7-14(17)13-16-11-12-18(21-16)20-15-8-3-2-4-9-15/h2-12H,13H2,1H3. The van der Waals surface area contributed by atoms with Crippen molar-refractivity contribution in [3.8, 4) is 5.75 Å². The molecule has 0 aliphatic carbocycles. The lowest BCUT2D eigenvalue weighted by Gasteiger charge is -2.06. The Morgan fingerprint density at radius 2 is 1.67 bits per heavy atom. The molecule has 0 unspecified atom stereocenters. The maximum absolute atomic E-state index is 5.42. The third-order valence-electron chi connectivity index (χ3n) is 3.16. The first-order valence-corrected chi connectivity index (χ1v) is 8.42. The van der Waals surface area contributed by atoms with Gasteiger partial charge in [-0.3, -0.25) is 0 Å². The Hall–Kier alpha value is -1.71. The van der Waals surface area contributed by atoms with Crippen molar-refractivity contribution < 1.29 is 4.74 Å². The van der Waals surface area contributed by atoms with Gasteiger partial charge in [0.25, 0.3) is 0 Å². The van der Waals surface area contributed by atoms with E-state index in [4.69, 9.17) is 4.74 Å². The zero-order valence-corrected chi connectivity index (χ0v) is 13.4. The number of hydrogen-bond donors (Lipinski definition) is 0. The molecule has 106 valence electrons. The van der Waals surface area contributed by atoms with Gasteiger partial charge in [0, 0.05) is 16.2 Å². The van der Waals surface area contributed by atoms with E-state index in [1.54, 1.807) is 7.11 Å². The molecule has 0 N–H and O–H groups in total. The van der Waals surface area contributed by atoms with Crippen LogP contribution < -0.4 is 4.74 Å². The van der Waals surface area contributed by atoms with Crippen molar-refractivity contribution >= 4 is 23.1 Å². The van der Waals surface area contributed by atoms with Crippen molar-refractivity contribution in [2.45, 2.75) is 15.5 Å². The first kappa shape index (κ1) is 14.2. The molecule has 1 nitrogen and oxygen atoms in total. The van der Waals surface area contributed by atoms with Gasteiger partial charge in [0.15, 0.2) is 0 Å². The Morgan fingerprint density at radius 1 is 0.905 bits per heavy atom. The highest BCUT2D eigenvalue weighted by atomic mass is 32.2. The Kier molecular flexibility index (Phi) is 4.63. The van der Waals surface area contributed by atoms with Gasteiger partial charge < -0.3 is 4.74 Å². The highest BCUT2D eigenvalue weighted by molar-refractivity contribution is 8.01. The van der Waals surface area contributed by atoms with Crippen molar-refractivity contribution in [3.05, 3.63) is 77.2 Å². The molecule has 3 heteroatoms. The van der Waals surface area contributed by atoms with E-state index < -0.39 is 0 Å². The minimum Gasteiger partial charge on any atom is -0.496 e. The third kappa shape index (κ3) is 3.69. The van der Waals surface area contributed by atoms with Crippen LogP contribution >= 0.6 is 23.1 Å². The molecular weight excluding hydrogens is 296 g/mol. The number of thiophene rings is 1. The van der Waals surface area contributed by atoms with Crippen molar-refractivity contribution in [2.75, 3.05) is 7.11 Å². The summed E-state index contributed by atoms with van der Waals surface area (Å²) in [6.45, 7) is 0. The van der Waals surface area contributed by atoms with Crippen molar-refractivity contribution in [3.63, 3.8) is 0 Å². The average molecular weight is 312 g/mol. The van der Waals surface area contributed by atoms with E-state index in [-0.39, 0.29) is 0 Å². The fourth-order valence-corrected chi connectivity index (χ4v) is 4.35. The van der Waals surface area contributed by atoms with Crippen molar-refractivity contribution in [1.29, 1.82) is 0 Å². The number of para-hydroxylation sites is 1. The minimum atomic E-state index is 0.921. The van der Waals surface area contributed by atoms with Gasteiger partial charge in [0.05, 0.1) is 11.3 Å². The van der Waals surface area contributed by atoms with Crippen LogP contribution in [-0.4, -0.2) is 7.11 Å². The quantitative estimate of drug-likeness (QED) is 0.615. The molecule has 0 saturated carbocycles. The summed E-state index contributed by atoms with van der Waals surface area (Å²) in [5.74, 6) is 0.961. The first-order valence-electron chi connectivity index (χ1n) is 6.78. The molecular formula is C18H16OS2. The molecule has 3 rings (SSSR count). The molecule has 3 aromatic rings. The number of hydrogen-bond acceptors (Lipinski definition) is 3. The van der Waals surface area contributed by atoms with Crippen LogP contribution in [0.15, 0.2) is 75.8 Å². The first-order chi connectivity index (χ1) is 10.3. The summed E-state index contributed by atoms with van der Waals surface area (Å²) in [5.41, 5.74) is 1.23. The van der Waals surface area contributed by atoms with Gasteiger partial charge in [-0.15, -0.1) is 11.3 Å². The molecule has 2 aromatic carbocycles. The average Bonchev–Trinajstić information content (AvgIpc) is 2.96. The van der Waals surface area contributed by atoms with Crippen LogP contribution in [-0.2, 0) is 6.42 Å². The Balaban J connectivity index is 1.73. The largest absolute Gasteiger partial charge is 0.496 e. The van der Waals surface area contributed by atoms with Crippen molar-refractivity contribution in [1.82, 2.24) is 0 Å². The Bertz CT molecular complexity index is 704.